The Morgan fingerprint density at radius 1 is 1.53 bits per heavy atom. The van der Waals surface area contributed by atoms with Crippen molar-refractivity contribution in [2.75, 3.05) is 0 Å². The quantitative estimate of drug-likeness (QED) is 0.474. The van der Waals surface area contributed by atoms with E-state index >= 15 is 0 Å². The average Bonchev–Trinajstić information content (AvgIpc) is 2.27. The van der Waals surface area contributed by atoms with Crippen molar-refractivity contribution in [1.29, 1.82) is 0 Å². The van der Waals surface area contributed by atoms with E-state index in [0.717, 1.165) is 12.0 Å². The number of aromatic carboxylic acids is 1. The van der Waals surface area contributed by atoms with Crippen LogP contribution in [0.3, 0.4) is 0 Å². The van der Waals surface area contributed by atoms with Crippen molar-refractivity contribution in [2.24, 2.45) is 11.0 Å². The van der Waals surface area contributed by atoms with Crippen molar-refractivity contribution in [1.82, 2.24) is 0 Å². The molecule has 0 aliphatic rings. The third-order valence-corrected chi connectivity index (χ3v) is 2.49. The Morgan fingerprint density at radius 2 is 2.24 bits per heavy atom. The van der Waals surface area contributed by atoms with Crippen LogP contribution in [-0.2, 0) is 6.42 Å². The van der Waals surface area contributed by atoms with Gasteiger partial charge >= 0.3 is 5.97 Å². The number of carboxylic acid groups (broad SMARTS) is 1. The molecule has 0 unspecified atom stereocenters. The van der Waals surface area contributed by atoms with Gasteiger partial charge in [0, 0.05) is 4.91 Å². The Hall–Kier alpha value is -2.00. The molecule has 0 aliphatic heterocycles. The summed E-state index contributed by atoms with van der Waals surface area (Å²) in [4.78, 5) is 13.7. The molecule has 0 aromatic heterocycles. The highest BCUT2D eigenvalue weighted by Crippen LogP contribution is 2.27. The first-order valence-corrected chi connectivity index (χ1v) is 5.46. The van der Waals surface area contributed by atoms with Gasteiger partial charge in [-0.15, -0.1) is 0 Å². The second kappa shape index (κ2) is 5.92. The first kappa shape index (κ1) is 13.1. The number of carbonyl (C=O) groups is 1. The van der Waals surface area contributed by atoms with Crippen LogP contribution in [0.2, 0.25) is 0 Å². The van der Waals surface area contributed by atoms with Crippen molar-refractivity contribution >= 4 is 11.7 Å². The molecule has 17 heavy (non-hydrogen) atoms. The summed E-state index contributed by atoms with van der Waals surface area (Å²) in [6, 6.07) is 4.93. The number of hydrogen-bond acceptors (Lipinski definition) is 2. The van der Waals surface area contributed by atoms with E-state index in [1.807, 2.05) is 0 Å². The van der Waals surface area contributed by atoms with Gasteiger partial charge in [-0.3, -0.25) is 0 Å². The molecule has 1 N–H and O–H groups in total. The molecule has 0 heterocycles. The smallest absolute Gasteiger partial charge is 0.336 e. The summed E-state index contributed by atoms with van der Waals surface area (Å²) < 4.78 is 0. The number of nitrogens with zero attached hydrogens (tertiary/aromatic N) is 3. The molecular weight excluding hydrogens is 218 g/mol. The lowest BCUT2D eigenvalue weighted by atomic mass is 9.99. The molecule has 0 aliphatic carbocycles. The summed E-state index contributed by atoms with van der Waals surface area (Å²) >= 11 is 0. The molecule has 0 saturated carbocycles. The van der Waals surface area contributed by atoms with E-state index in [0.29, 0.717) is 12.3 Å². The highest BCUT2D eigenvalue weighted by Gasteiger charge is 2.12. The monoisotopic (exact) mass is 233 g/mol. The van der Waals surface area contributed by atoms with Gasteiger partial charge in [0.05, 0.1) is 11.3 Å². The first-order valence-electron chi connectivity index (χ1n) is 5.46. The summed E-state index contributed by atoms with van der Waals surface area (Å²) in [5.41, 5.74) is 9.58. The van der Waals surface area contributed by atoms with Crippen LogP contribution in [0.15, 0.2) is 23.3 Å². The molecule has 0 saturated heterocycles. The van der Waals surface area contributed by atoms with Crippen LogP contribution in [0.1, 0.15) is 36.2 Å². The van der Waals surface area contributed by atoms with E-state index in [-0.39, 0.29) is 11.3 Å². The minimum atomic E-state index is -1.07. The zero-order valence-corrected chi connectivity index (χ0v) is 9.92. The maximum Gasteiger partial charge on any atom is 0.336 e. The van der Waals surface area contributed by atoms with E-state index in [1.165, 1.54) is 6.07 Å². The number of benzene rings is 1. The molecule has 1 rings (SSSR count). The fraction of sp³-hybridized carbons (Fsp3) is 0.417. The fourth-order valence-corrected chi connectivity index (χ4v) is 1.57. The number of hydrogen-bond donors (Lipinski definition) is 1. The molecule has 90 valence electrons. The molecule has 0 atom stereocenters. The van der Waals surface area contributed by atoms with Gasteiger partial charge in [-0.25, -0.2) is 4.79 Å². The molecule has 5 nitrogen and oxygen atoms in total. The Labute approximate surface area is 99.7 Å². The number of aryl methyl sites for hydroxylation is 1. The van der Waals surface area contributed by atoms with Crippen molar-refractivity contribution in [3.05, 3.63) is 39.8 Å². The van der Waals surface area contributed by atoms with Crippen LogP contribution >= 0.6 is 0 Å². The number of carboxylic acids is 1. The molecule has 0 spiro atoms. The normalized spacial score (nSPS) is 10.1. The van der Waals surface area contributed by atoms with Gasteiger partial charge in [-0.05, 0) is 35.9 Å². The second-order valence-electron chi connectivity index (χ2n) is 4.24. The van der Waals surface area contributed by atoms with Gasteiger partial charge in [-0.1, -0.05) is 31.1 Å². The summed E-state index contributed by atoms with van der Waals surface area (Å²) in [6.45, 7) is 4.18. The minimum Gasteiger partial charge on any atom is -0.478 e. The van der Waals surface area contributed by atoms with E-state index in [1.54, 1.807) is 12.1 Å². The van der Waals surface area contributed by atoms with Gasteiger partial charge in [0.2, 0.25) is 0 Å². The van der Waals surface area contributed by atoms with E-state index in [9.17, 15) is 4.79 Å². The van der Waals surface area contributed by atoms with E-state index < -0.39 is 5.97 Å². The molecule has 0 radical (unpaired) electrons. The highest BCUT2D eigenvalue weighted by molar-refractivity contribution is 5.94. The summed E-state index contributed by atoms with van der Waals surface area (Å²) in [5.74, 6) is -0.554. The van der Waals surface area contributed by atoms with Crippen molar-refractivity contribution < 1.29 is 9.90 Å². The van der Waals surface area contributed by atoms with Gasteiger partial charge < -0.3 is 5.11 Å². The summed E-state index contributed by atoms with van der Waals surface area (Å²) in [7, 11) is 0. The standard InChI is InChI=1S/C12H15N3O2/c1-8(2)6-7-9-4-3-5-10(12(16)17)11(9)14-15-13/h3-5,8H,6-7H2,1-2H3,(H,16,17). The minimum absolute atomic E-state index is 0.0593. The van der Waals surface area contributed by atoms with Crippen molar-refractivity contribution in [2.45, 2.75) is 26.7 Å². The number of azide groups is 1. The molecule has 1 aromatic rings. The van der Waals surface area contributed by atoms with E-state index in [4.69, 9.17) is 10.6 Å². The summed E-state index contributed by atoms with van der Waals surface area (Å²) in [6.07, 6.45) is 1.64. The predicted molar refractivity (Wildman–Crippen MR) is 65.4 cm³/mol. The molecule has 1 aromatic carbocycles. The SMILES string of the molecule is CC(C)CCc1cccc(C(=O)O)c1N=[N+]=[N-]. The average molecular weight is 233 g/mol. The van der Waals surface area contributed by atoms with Crippen LogP contribution < -0.4 is 0 Å². The lowest BCUT2D eigenvalue weighted by Gasteiger charge is -2.09. The zero-order chi connectivity index (χ0) is 12.8. The first-order chi connectivity index (χ1) is 8.06. The second-order valence-corrected chi connectivity index (χ2v) is 4.24. The van der Waals surface area contributed by atoms with E-state index in [2.05, 4.69) is 23.9 Å². The van der Waals surface area contributed by atoms with Crippen molar-refractivity contribution in [3.8, 4) is 0 Å². The van der Waals surface area contributed by atoms with Crippen LogP contribution in [0.4, 0.5) is 5.69 Å². The Balaban J connectivity index is 3.15. The largest absolute Gasteiger partial charge is 0.478 e. The third-order valence-electron chi connectivity index (χ3n) is 2.49. The molecule has 0 amide bonds. The molecular formula is C12H15N3O2. The zero-order valence-electron chi connectivity index (χ0n) is 9.92. The summed E-state index contributed by atoms with van der Waals surface area (Å²) in [5, 5.41) is 12.5. The van der Waals surface area contributed by atoms with Crippen molar-refractivity contribution in [3.63, 3.8) is 0 Å². The lowest BCUT2D eigenvalue weighted by Crippen LogP contribution is -2.00. The van der Waals surface area contributed by atoms with Crippen LogP contribution in [0.25, 0.3) is 10.4 Å². The molecule has 0 fully saturated rings. The molecule has 0 bridgehead atoms. The van der Waals surface area contributed by atoms with Gasteiger partial charge in [0.1, 0.15) is 0 Å². The molecule has 5 heteroatoms. The van der Waals surface area contributed by atoms with Crippen LogP contribution in [0, 0.1) is 5.92 Å². The van der Waals surface area contributed by atoms with Gasteiger partial charge in [-0.2, -0.15) is 0 Å². The maximum absolute atomic E-state index is 11.0. The highest BCUT2D eigenvalue weighted by atomic mass is 16.4. The Bertz CT molecular complexity index is 463. The predicted octanol–water partition coefficient (Wildman–Crippen LogP) is 3.92. The number of rotatable bonds is 5. The third kappa shape index (κ3) is 3.50. The lowest BCUT2D eigenvalue weighted by molar-refractivity contribution is 0.0697. The van der Waals surface area contributed by atoms with Gasteiger partial charge in [0.15, 0.2) is 0 Å². The Morgan fingerprint density at radius 3 is 2.76 bits per heavy atom. The van der Waals surface area contributed by atoms with Gasteiger partial charge in [0.25, 0.3) is 0 Å². The topological polar surface area (TPSA) is 86.1 Å². The Kier molecular flexibility index (Phi) is 4.55. The maximum atomic E-state index is 11.0. The van der Waals surface area contributed by atoms with Crippen LogP contribution in [-0.4, -0.2) is 11.1 Å². The van der Waals surface area contributed by atoms with Crippen LogP contribution in [0.5, 0.6) is 0 Å². The fourth-order valence-electron chi connectivity index (χ4n) is 1.57.